The van der Waals surface area contributed by atoms with E-state index in [1.54, 1.807) is 0 Å². The topological polar surface area (TPSA) is 38.3 Å². The average molecular weight is 227 g/mol. The number of carbonyl (C=O) groups is 1. The van der Waals surface area contributed by atoms with Gasteiger partial charge in [0.15, 0.2) is 0 Å². The second-order valence-corrected chi connectivity index (χ2v) is 5.45. The highest BCUT2D eigenvalue weighted by molar-refractivity contribution is 5.67. The molecule has 4 heteroatoms. The summed E-state index contributed by atoms with van der Waals surface area (Å²) in [5.74, 6) is 2.61. The second-order valence-electron chi connectivity index (χ2n) is 5.45. The maximum atomic E-state index is 11.3. The molecule has 16 heavy (non-hydrogen) atoms. The maximum absolute atomic E-state index is 11.3. The van der Waals surface area contributed by atoms with E-state index >= 15 is 0 Å². The fourth-order valence-electron chi connectivity index (χ4n) is 1.10. The number of likely N-dealkylation sites (N-methyl/N-ethyl adjacent to an activating group) is 1. The van der Waals surface area contributed by atoms with Gasteiger partial charge in [0.2, 0.25) is 0 Å². The van der Waals surface area contributed by atoms with E-state index in [9.17, 15) is 4.79 Å². The summed E-state index contributed by atoms with van der Waals surface area (Å²) in [6, 6.07) is 0. The molecule has 0 spiro atoms. The first kappa shape index (κ1) is 14.8. The zero-order valence-electron chi connectivity index (χ0n) is 11.0. The van der Waals surface area contributed by atoms with Crippen molar-refractivity contribution in [3.05, 3.63) is 0 Å². The maximum Gasteiger partial charge on any atom is 0.407 e. The van der Waals surface area contributed by atoms with Gasteiger partial charge in [-0.1, -0.05) is 0 Å². The van der Waals surface area contributed by atoms with Crippen LogP contribution >= 0.6 is 0 Å². The summed E-state index contributed by atoms with van der Waals surface area (Å²) < 4.78 is 5.80. The van der Waals surface area contributed by atoms with Gasteiger partial charge >= 0.3 is 6.09 Å². The van der Waals surface area contributed by atoms with Crippen molar-refractivity contribution in [1.29, 1.82) is 0 Å². The number of nitrogens with one attached hydrogen (secondary N) is 1. The van der Waals surface area contributed by atoms with Crippen LogP contribution in [0.4, 0.5) is 4.79 Å². The number of rotatable bonds is 4. The molecule has 0 aromatic carbocycles. The standard InChI is InChI=1S/C12H22N2O2/c1-7-9-14(5,6)10-8-13-11(15)16-12(2,3)4/h1H,8-10H2,2-6H3/p+1. The third-order valence-corrected chi connectivity index (χ3v) is 1.90. The Labute approximate surface area is 98.5 Å². The molecular weight excluding hydrogens is 204 g/mol. The van der Waals surface area contributed by atoms with Crippen LogP contribution in [0.2, 0.25) is 0 Å². The van der Waals surface area contributed by atoms with Gasteiger partial charge in [-0.25, -0.2) is 4.79 Å². The summed E-state index contributed by atoms with van der Waals surface area (Å²) in [5, 5.41) is 2.71. The predicted molar refractivity (Wildman–Crippen MR) is 64.9 cm³/mol. The van der Waals surface area contributed by atoms with E-state index in [4.69, 9.17) is 11.2 Å². The van der Waals surface area contributed by atoms with Gasteiger partial charge in [-0.15, -0.1) is 6.42 Å². The molecule has 0 radical (unpaired) electrons. The normalized spacial score (nSPS) is 11.8. The molecule has 0 saturated heterocycles. The monoisotopic (exact) mass is 227 g/mol. The lowest BCUT2D eigenvalue weighted by Crippen LogP contribution is -2.46. The van der Waals surface area contributed by atoms with Gasteiger partial charge in [0, 0.05) is 0 Å². The molecule has 0 heterocycles. The Balaban J connectivity index is 3.83. The van der Waals surface area contributed by atoms with E-state index in [1.807, 2.05) is 34.9 Å². The smallest absolute Gasteiger partial charge is 0.407 e. The molecular formula is C12H23N2O2+. The quantitative estimate of drug-likeness (QED) is 0.579. The van der Waals surface area contributed by atoms with Gasteiger partial charge in [-0.3, -0.25) is 0 Å². The van der Waals surface area contributed by atoms with Crippen molar-refractivity contribution in [1.82, 2.24) is 5.32 Å². The summed E-state index contributed by atoms with van der Waals surface area (Å²) in [6.45, 7) is 7.50. The molecule has 0 rings (SSSR count). The molecule has 0 aliphatic rings. The first-order valence-electron chi connectivity index (χ1n) is 5.39. The minimum Gasteiger partial charge on any atom is -0.444 e. The molecule has 1 N–H and O–H groups in total. The van der Waals surface area contributed by atoms with Crippen molar-refractivity contribution in [2.45, 2.75) is 26.4 Å². The van der Waals surface area contributed by atoms with Crippen LogP contribution in [0.3, 0.4) is 0 Å². The first-order chi connectivity index (χ1) is 7.16. The summed E-state index contributed by atoms with van der Waals surface area (Å²) in [4.78, 5) is 11.3. The number of carbonyl (C=O) groups excluding carboxylic acids is 1. The molecule has 0 aromatic rings. The van der Waals surface area contributed by atoms with Crippen molar-refractivity contribution in [3.8, 4) is 12.3 Å². The fourth-order valence-corrected chi connectivity index (χ4v) is 1.10. The highest BCUT2D eigenvalue weighted by Crippen LogP contribution is 2.06. The van der Waals surface area contributed by atoms with Crippen molar-refractivity contribution < 1.29 is 14.0 Å². The minimum atomic E-state index is -0.451. The lowest BCUT2D eigenvalue weighted by Gasteiger charge is -2.27. The summed E-state index contributed by atoms with van der Waals surface area (Å²) in [5.41, 5.74) is -0.451. The Bertz CT molecular complexity index is 272. The summed E-state index contributed by atoms with van der Waals surface area (Å²) in [6.07, 6.45) is 4.87. The molecule has 0 aromatic heterocycles. The average Bonchev–Trinajstić information content (AvgIpc) is 1.99. The Morgan fingerprint density at radius 3 is 2.44 bits per heavy atom. The molecule has 0 aliphatic heterocycles. The van der Waals surface area contributed by atoms with Gasteiger partial charge in [0.05, 0.1) is 27.2 Å². The predicted octanol–water partition coefficient (Wildman–Crippen LogP) is 1.22. The zero-order valence-corrected chi connectivity index (χ0v) is 11.0. The molecule has 0 saturated carbocycles. The molecule has 0 bridgehead atoms. The Kier molecular flexibility index (Phi) is 5.32. The lowest BCUT2D eigenvalue weighted by atomic mass is 10.2. The van der Waals surface area contributed by atoms with E-state index < -0.39 is 5.60 Å². The third-order valence-electron chi connectivity index (χ3n) is 1.90. The lowest BCUT2D eigenvalue weighted by molar-refractivity contribution is -0.881. The SMILES string of the molecule is C#CC[N+](C)(C)CCNC(=O)OC(C)(C)C. The van der Waals surface area contributed by atoms with Crippen molar-refractivity contribution in [2.24, 2.45) is 0 Å². The summed E-state index contributed by atoms with van der Waals surface area (Å²) >= 11 is 0. The number of alkyl carbamates (subject to hydrolysis) is 1. The molecule has 0 unspecified atom stereocenters. The van der Waals surface area contributed by atoms with Crippen molar-refractivity contribution in [3.63, 3.8) is 0 Å². The number of quaternary nitrogens is 1. The number of terminal acetylenes is 1. The highest BCUT2D eigenvalue weighted by Gasteiger charge is 2.17. The zero-order chi connectivity index (χ0) is 12.8. The van der Waals surface area contributed by atoms with Gasteiger partial charge in [0.25, 0.3) is 0 Å². The fraction of sp³-hybridized carbons (Fsp3) is 0.750. The van der Waals surface area contributed by atoms with E-state index in [-0.39, 0.29) is 6.09 Å². The summed E-state index contributed by atoms with van der Waals surface area (Å²) in [7, 11) is 4.05. The molecule has 1 amide bonds. The second kappa shape index (κ2) is 5.76. The molecule has 92 valence electrons. The Hall–Kier alpha value is -1.21. The number of amides is 1. The number of hydrogen-bond acceptors (Lipinski definition) is 2. The number of ether oxygens (including phenoxy) is 1. The highest BCUT2D eigenvalue weighted by atomic mass is 16.6. The number of hydrogen-bond donors (Lipinski definition) is 1. The Morgan fingerprint density at radius 2 is 2.00 bits per heavy atom. The van der Waals surface area contributed by atoms with Crippen molar-refractivity contribution >= 4 is 6.09 Å². The molecule has 0 aliphatic carbocycles. The molecule has 0 fully saturated rings. The molecule has 0 atom stereocenters. The van der Waals surface area contributed by atoms with E-state index in [0.717, 1.165) is 6.54 Å². The van der Waals surface area contributed by atoms with Crippen molar-refractivity contribution in [2.75, 3.05) is 33.7 Å². The Morgan fingerprint density at radius 1 is 1.44 bits per heavy atom. The number of nitrogens with zero attached hydrogens (tertiary/aromatic N) is 1. The van der Waals surface area contributed by atoms with Crippen LogP contribution in [-0.2, 0) is 4.74 Å². The van der Waals surface area contributed by atoms with E-state index in [2.05, 4.69) is 11.2 Å². The minimum absolute atomic E-state index is 0.381. The molecule has 4 nitrogen and oxygen atoms in total. The van der Waals surface area contributed by atoms with Gasteiger partial charge in [-0.05, 0) is 26.7 Å². The third kappa shape index (κ3) is 8.13. The van der Waals surface area contributed by atoms with Crippen LogP contribution in [0, 0.1) is 12.3 Å². The van der Waals surface area contributed by atoms with Crippen LogP contribution in [0.25, 0.3) is 0 Å². The van der Waals surface area contributed by atoms with E-state index in [0.29, 0.717) is 17.6 Å². The van der Waals surface area contributed by atoms with Crippen LogP contribution in [0.1, 0.15) is 20.8 Å². The first-order valence-corrected chi connectivity index (χ1v) is 5.39. The van der Waals surface area contributed by atoms with Gasteiger partial charge in [0.1, 0.15) is 12.1 Å². The van der Waals surface area contributed by atoms with Gasteiger partial charge < -0.3 is 14.5 Å². The van der Waals surface area contributed by atoms with Gasteiger partial charge in [-0.2, -0.15) is 0 Å². The largest absolute Gasteiger partial charge is 0.444 e. The van der Waals surface area contributed by atoms with Crippen LogP contribution < -0.4 is 5.32 Å². The van der Waals surface area contributed by atoms with Crippen LogP contribution in [0.5, 0.6) is 0 Å². The van der Waals surface area contributed by atoms with Crippen LogP contribution in [-0.4, -0.2) is 49.9 Å². The van der Waals surface area contributed by atoms with Crippen LogP contribution in [0.15, 0.2) is 0 Å². The van der Waals surface area contributed by atoms with E-state index in [1.165, 1.54) is 0 Å².